The molecule has 118 valence electrons. The molecular weight excluding hydrogens is 248 g/mol. The normalized spacial score (nSPS) is 20.8. The molecule has 2 unspecified atom stereocenters. The molecule has 2 heteroatoms. The fourth-order valence-electron chi connectivity index (χ4n) is 2.88. The Morgan fingerprint density at radius 3 is 2.40 bits per heavy atom. The molecule has 0 saturated carbocycles. The van der Waals surface area contributed by atoms with Gasteiger partial charge in [0, 0.05) is 7.85 Å². The molecule has 0 aromatic carbocycles. The molecule has 1 aliphatic carbocycles. The topological polar surface area (TPSA) is 48.6 Å². The van der Waals surface area contributed by atoms with E-state index in [4.69, 9.17) is 0 Å². The maximum atomic E-state index is 11.8. The van der Waals surface area contributed by atoms with Crippen LogP contribution in [0, 0.1) is 24.2 Å². The fraction of sp³-hybridized carbons (Fsp3) is 0.722. The first kappa shape index (κ1) is 21.2. The van der Waals surface area contributed by atoms with Crippen LogP contribution in [-0.2, 0) is 4.79 Å². The summed E-state index contributed by atoms with van der Waals surface area (Å²) in [6.07, 6.45) is 18.4. The molecule has 0 saturated heterocycles. The highest BCUT2D eigenvalue weighted by atomic mass is 16.1. The van der Waals surface area contributed by atoms with Gasteiger partial charge in [-0.15, -0.1) is 12.8 Å². The third-order valence-electron chi connectivity index (χ3n) is 4.72. The summed E-state index contributed by atoms with van der Waals surface area (Å²) >= 11 is 0. The van der Waals surface area contributed by atoms with Crippen LogP contribution in [0.25, 0.3) is 0 Å². The van der Waals surface area contributed by atoms with Gasteiger partial charge < -0.3 is 5.48 Å². The minimum absolute atomic E-state index is 0. The van der Waals surface area contributed by atoms with Crippen LogP contribution in [-0.4, -0.2) is 11.3 Å². The van der Waals surface area contributed by atoms with Gasteiger partial charge in [-0.05, 0) is 36.7 Å². The summed E-state index contributed by atoms with van der Waals surface area (Å²) in [5, 5.41) is 0. The lowest BCUT2D eigenvalue weighted by atomic mass is 9.66. The van der Waals surface area contributed by atoms with Gasteiger partial charge in [-0.2, -0.15) is 0 Å². The molecule has 0 aromatic rings. The van der Waals surface area contributed by atoms with E-state index >= 15 is 0 Å². The van der Waals surface area contributed by atoms with Crippen molar-refractivity contribution in [3.05, 3.63) is 11.6 Å². The zero-order valence-electron chi connectivity index (χ0n) is 13.7. The van der Waals surface area contributed by atoms with Crippen LogP contribution in [0.3, 0.4) is 0 Å². The number of terminal acetylenes is 1. The second kappa shape index (κ2) is 10.7. The lowest BCUT2D eigenvalue weighted by Crippen LogP contribution is -2.31. The van der Waals surface area contributed by atoms with Crippen LogP contribution in [0.5, 0.6) is 0 Å². The van der Waals surface area contributed by atoms with Crippen LogP contribution in [0.4, 0.5) is 0 Å². The van der Waals surface area contributed by atoms with Gasteiger partial charge in [0.05, 0.1) is 0 Å². The van der Waals surface area contributed by atoms with E-state index in [0.717, 1.165) is 18.4 Å². The van der Waals surface area contributed by atoms with Crippen molar-refractivity contribution in [1.29, 1.82) is 0 Å². The van der Waals surface area contributed by atoms with E-state index in [2.05, 4.69) is 39.7 Å². The fourth-order valence-corrected chi connectivity index (χ4v) is 2.88. The van der Waals surface area contributed by atoms with Crippen molar-refractivity contribution < 1.29 is 11.7 Å². The van der Waals surface area contributed by atoms with Crippen LogP contribution >= 0.6 is 0 Å². The highest BCUT2D eigenvalue weighted by Gasteiger charge is 2.34. The van der Waals surface area contributed by atoms with Crippen LogP contribution in [0.2, 0.25) is 0 Å². The highest BCUT2D eigenvalue weighted by molar-refractivity contribution is 5.95. The molecule has 20 heavy (non-hydrogen) atoms. The maximum absolute atomic E-state index is 11.8. The van der Waals surface area contributed by atoms with Gasteiger partial charge >= 0.3 is 0 Å². The van der Waals surface area contributed by atoms with Gasteiger partial charge in [0.25, 0.3) is 0 Å². The molecule has 2 nitrogen and oxygen atoms in total. The molecule has 0 fully saturated rings. The monoisotopic (exact) mass is 282 g/mol. The molecule has 0 aliphatic heterocycles. The van der Waals surface area contributed by atoms with Crippen molar-refractivity contribution in [1.82, 2.24) is 0 Å². The van der Waals surface area contributed by atoms with E-state index in [1.54, 1.807) is 0 Å². The summed E-state index contributed by atoms with van der Waals surface area (Å²) in [6, 6.07) is 0. The Hall–Kier alpha value is -1.07. The number of ketones is 1. The Morgan fingerprint density at radius 2 is 1.95 bits per heavy atom. The van der Waals surface area contributed by atoms with Gasteiger partial charge in [0.2, 0.25) is 0 Å². The SMILES string of the molecule is C#C.CCCCCC(C)(CC)C1CC=C(C)C(=O)C1.O.[HH]. The van der Waals surface area contributed by atoms with Gasteiger partial charge in [-0.3, -0.25) is 4.79 Å². The molecule has 0 aromatic heterocycles. The van der Waals surface area contributed by atoms with Crippen molar-refractivity contribution in [2.45, 2.75) is 72.6 Å². The Morgan fingerprint density at radius 1 is 1.35 bits per heavy atom. The first-order valence-electron chi connectivity index (χ1n) is 7.56. The van der Waals surface area contributed by atoms with E-state index in [1.807, 2.05) is 6.92 Å². The number of Topliss-reactive ketones (excluding diaryl/α,β-unsaturated/α-hetero) is 1. The number of rotatable bonds is 6. The standard InChI is InChI=1S/C16H28O.C2H2.H2O.H2/c1-5-7-8-11-16(4,6-2)14-10-9-13(3)15(17)12-14;1-2;;/h9,14H,5-8,10-12H2,1-4H3;1-2H;1H2;1H. The van der Waals surface area contributed by atoms with E-state index in [9.17, 15) is 4.79 Å². The van der Waals surface area contributed by atoms with Gasteiger partial charge in [-0.1, -0.05) is 52.5 Å². The summed E-state index contributed by atoms with van der Waals surface area (Å²) in [4.78, 5) is 11.8. The number of hydrogen-bond acceptors (Lipinski definition) is 1. The average Bonchev–Trinajstić information content (AvgIpc) is 2.44. The highest BCUT2D eigenvalue weighted by Crippen LogP contribution is 2.42. The van der Waals surface area contributed by atoms with Crippen molar-refractivity contribution in [2.24, 2.45) is 11.3 Å². The van der Waals surface area contributed by atoms with Gasteiger partial charge in [0.1, 0.15) is 0 Å². The van der Waals surface area contributed by atoms with Crippen LogP contribution in [0.1, 0.15) is 74.1 Å². The largest absolute Gasteiger partial charge is 0.412 e. The minimum Gasteiger partial charge on any atom is -0.412 e. The lowest BCUT2D eigenvalue weighted by Gasteiger charge is -2.38. The number of allylic oxidation sites excluding steroid dienone is 2. The van der Waals surface area contributed by atoms with Gasteiger partial charge in [-0.25, -0.2) is 0 Å². The molecule has 1 aliphatic rings. The number of unbranched alkanes of at least 4 members (excludes halogenated alkanes) is 2. The zero-order valence-corrected chi connectivity index (χ0v) is 13.7. The Labute approximate surface area is 126 Å². The quantitative estimate of drug-likeness (QED) is 0.519. The van der Waals surface area contributed by atoms with E-state index in [1.165, 1.54) is 32.1 Å². The van der Waals surface area contributed by atoms with Crippen LogP contribution in [0.15, 0.2) is 11.6 Å². The van der Waals surface area contributed by atoms with Crippen molar-refractivity contribution >= 4 is 5.78 Å². The van der Waals surface area contributed by atoms with Crippen molar-refractivity contribution in [3.8, 4) is 12.8 Å². The smallest absolute Gasteiger partial charge is 0.158 e. The molecule has 0 bridgehead atoms. The minimum atomic E-state index is 0. The predicted molar refractivity (Wildman–Crippen MR) is 89.6 cm³/mol. The summed E-state index contributed by atoms with van der Waals surface area (Å²) in [7, 11) is 0. The summed E-state index contributed by atoms with van der Waals surface area (Å²) in [5.41, 5.74) is 1.34. The molecular formula is C18H34O2. The molecule has 0 amide bonds. The first-order valence-corrected chi connectivity index (χ1v) is 7.56. The lowest BCUT2D eigenvalue weighted by molar-refractivity contribution is -0.118. The van der Waals surface area contributed by atoms with E-state index < -0.39 is 0 Å². The molecule has 0 heterocycles. The molecule has 2 N–H and O–H groups in total. The zero-order chi connectivity index (χ0) is 14.9. The van der Waals surface area contributed by atoms with Gasteiger partial charge in [0.15, 0.2) is 5.78 Å². The maximum Gasteiger partial charge on any atom is 0.158 e. The number of hydrogen-bond donors (Lipinski definition) is 0. The van der Waals surface area contributed by atoms with Crippen LogP contribution < -0.4 is 0 Å². The average molecular weight is 282 g/mol. The predicted octanol–water partition coefficient (Wildman–Crippen LogP) is 4.58. The second-order valence-electron chi connectivity index (χ2n) is 5.91. The third kappa shape index (κ3) is 5.92. The Kier molecular flexibility index (Phi) is 11.3. The number of carbonyl (C=O) groups is 1. The third-order valence-corrected chi connectivity index (χ3v) is 4.72. The molecule has 2 atom stereocenters. The van der Waals surface area contributed by atoms with E-state index in [0.29, 0.717) is 17.1 Å². The van der Waals surface area contributed by atoms with Crippen molar-refractivity contribution in [3.63, 3.8) is 0 Å². The van der Waals surface area contributed by atoms with E-state index in [-0.39, 0.29) is 6.90 Å². The number of carbonyl (C=O) groups excluding carboxylic acids is 1. The first-order chi connectivity index (χ1) is 9.03. The summed E-state index contributed by atoms with van der Waals surface area (Å²) in [6.45, 7) is 8.87. The Bertz CT molecular complexity index is 333. The Balaban J connectivity index is -0.000000774. The molecule has 0 radical (unpaired) electrons. The second-order valence-corrected chi connectivity index (χ2v) is 5.91. The van der Waals surface area contributed by atoms with Crippen molar-refractivity contribution in [2.75, 3.05) is 0 Å². The molecule has 0 spiro atoms. The molecule has 1 rings (SSSR count). The summed E-state index contributed by atoms with van der Waals surface area (Å²) in [5.74, 6) is 0.942. The summed E-state index contributed by atoms with van der Waals surface area (Å²) < 4.78 is 0.